The van der Waals surface area contributed by atoms with Crippen LogP contribution in [0.5, 0.6) is 0 Å². The molecular weight excluding hydrogens is 896 g/mol. The van der Waals surface area contributed by atoms with E-state index in [2.05, 4.69) is 43.4 Å². The SMILES string of the molecule is CCCCCC/C=C\C/C=C\C/C=C\CCCCCCCCC(=O)OC[C@@H]1COP(=O)(O)O[C@H]2[C@H](O)[C@@H](O)[C@H](O)[C@H](/C=C\C(=O)[C@H](/C=C/[C@@H](O)CCCCC)[C@@H](O)[C@H]2O)C/C=C\CCCC(=O)O1. The molecular formula is C52H85O15P. The lowest BCUT2D eigenvalue weighted by atomic mass is 9.87. The number of esters is 2. The van der Waals surface area contributed by atoms with Crippen LogP contribution in [0.4, 0.5) is 0 Å². The number of cyclic esters (lactones) is 1. The van der Waals surface area contributed by atoms with Crippen LogP contribution >= 0.6 is 7.82 Å². The zero-order valence-electron chi connectivity index (χ0n) is 40.7. The van der Waals surface area contributed by atoms with E-state index in [4.69, 9.17) is 18.5 Å². The van der Waals surface area contributed by atoms with Crippen LogP contribution < -0.4 is 0 Å². The summed E-state index contributed by atoms with van der Waals surface area (Å²) in [5, 5.41) is 67.0. The van der Waals surface area contributed by atoms with E-state index in [-0.39, 0.29) is 19.3 Å². The number of hydrogen-bond donors (Lipinski definition) is 7. The van der Waals surface area contributed by atoms with E-state index >= 15 is 0 Å². The van der Waals surface area contributed by atoms with Crippen molar-refractivity contribution in [2.24, 2.45) is 11.8 Å². The molecule has 1 heterocycles. The normalized spacial score (nSPS) is 29.9. The van der Waals surface area contributed by atoms with Gasteiger partial charge in [-0.2, -0.15) is 0 Å². The Bertz CT molecular complexity index is 1620. The summed E-state index contributed by atoms with van der Waals surface area (Å²) in [6.45, 7) is 2.84. The van der Waals surface area contributed by atoms with Crippen LogP contribution in [0, 0.1) is 11.8 Å². The van der Waals surface area contributed by atoms with Crippen LogP contribution in [-0.4, -0.2) is 115 Å². The molecule has 0 radical (unpaired) electrons. The Morgan fingerprint density at radius 3 is 2.06 bits per heavy atom. The molecule has 0 fully saturated rings. The van der Waals surface area contributed by atoms with Crippen molar-refractivity contribution < 1.29 is 73.0 Å². The molecule has 2 rings (SSSR count). The van der Waals surface area contributed by atoms with Crippen molar-refractivity contribution in [1.29, 1.82) is 0 Å². The predicted molar refractivity (Wildman–Crippen MR) is 262 cm³/mol. The van der Waals surface area contributed by atoms with Crippen molar-refractivity contribution in [3.8, 4) is 0 Å². The number of unbranched alkanes of at least 4 members (excludes halogenated alkanes) is 12. The number of hydrogen-bond acceptors (Lipinski definition) is 14. The maximum atomic E-state index is 13.6. The third kappa shape index (κ3) is 26.8. The minimum atomic E-state index is -5.42. The molecule has 0 aromatic carbocycles. The van der Waals surface area contributed by atoms with Crippen molar-refractivity contribution in [3.63, 3.8) is 0 Å². The molecule has 388 valence electrons. The van der Waals surface area contributed by atoms with E-state index in [1.54, 1.807) is 12.2 Å². The van der Waals surface area contributed by atoms with Gasteiger partial charge in [-0.15, -0.1) is 0 Å². The minimum Gasteiger partial charge on any atom is -0.462 e. The summed E-state index contributed by atoms with van der Waals surface area (Å²) in [5.74, 6) is -4.65. The van der Waals surface area contributed by atoms with Gasteiger partial charge >= 0.3 is 19.8 Å². The number of ketones is 1. The summed E-state index contributed by atoms with van der Waals surface area (Å²) in [6.07, 6.45) is 24.3. The van der Waals surface area contributed by atoms with Crippen LogP contribution in [0.1, 0.15) is 162 Å². The minimum absolute atomic E-state index is 0.0237. The molecule has 0 saturated heterocycles. The summed E-state index contributed by atoms with van der Waals surface area (Å²) in [6, 6.07) is 0. The topological polar surface area (TPSA) is 247 Å². The lowest BCUT2D eigenvalue weighted by Crippen LogP contribution is -2.55. The maximum absolute atomic E-state index is 13.6. The van der Waals surface area contributed by atoms with E-state index in [0.29, 0.717) is 32.1 Å². The summed E-state index contributed by atoms with van der Waals surface area (Å²) < 4.78 is 34.7. The van der Waals surface area contributed by atoms with E-state index < -0.39 is 99.4 Å². The molecule has 0 spiro atoms. The quantitative estimate of drug-likeness (QED) is 0.0187. The van der Waals surface area contributed by atoms with Gasteiger partial charge in [0.15, 0.2) is 11.9 Å². The van der Waals surface area contributed by atoms with Crippen molar-refractivity contribution in [3.05, 3.63) is 72.9 Å². The lowest BCUT2D eigenvalue weighted by Gasteiger charge is -2.36. The van der Waals surface area contributed by atoms with Crippen molar-refractivity contribution in [2.75, 3.05) is 13.2 Å². The molecule has 2 bridgehead atoms. The third-order valence-electron chi connectivity index (χ3n) is 12.0. The van der Waals surface area contributed by atoms with Crippen LogP contribution in [0.3, 0.4) is 0 Å². The van der Waals surface area contributed by atoms with E-state index in [1.165, 1.54) is 43.9 Å². The number of rotatable bonds is 26. The molecule has 15 nitrogen and oxygen atoms in total. The van der Waals surface area contributed by atoms with E-state index in [9.17, 15) is 54.5 Å². The molecule has 11 atom stereocenters. The molecule has 1 aliphatic heterocycles. The number of allylic oxidation sites excluding steroid dienone is 9. The first-order chi connectivity index (χ1) is 32.7. The fourth-order valence-corrected chi connectivity index (χ4v) is 8.76. The number of ether oxygens (including phenoxy) is 2. The van der Waals surface area contributed by atoms with Crippen LogP contribution in [0.25, 0.3) is 0 Å². The lowest BCUT2D eigenvalue weighted by molar-refractivity contribution is -0.164. The van der Waals surface area contributed by atoms with E-state index in [1.807, 2.05) is 6.92 Å². The molecule has 16 heteroatoms. The zero-order chi connectivity index (χ0) is 50.0. The summed E-state index contributed by atoms with van der Waals surface area (Å²) >= 11 is 0. The van der Waals surface area contributed by atoms with Gasteiger partial charge in [0.1, 0.15) is 31.0 Å². The fourth-order valence-electron chi connectivity index (χ4n) is 7.79. The second-order valence-corrected chi connectivity index (χ2v) is 19.4. The molecule has 1 unspecified atom stereocenters. The standard InChI is InChI=1S/C52H85O15P/c1-3-5-7-8-9-10-11-12-13-14-15-16-17-18-19-20-21-22-23-28-32-45(55)64-38-42-39-65-68(62,63)67-52-50(60)48(58)43(36-35-41(53)31-26-6-4-2)44(54)37-34-40(47(57)49(59)51(52)61)30-27-24-25-29-33-46(56)66-42/h10-11,13-14,16-17,24,27,34-37,40-43,47-53,57-61H,3-9,12,15,18-23,25-26,28-33,38-39H2,1-2H3,(H,62,63)/b11-10-,14-13-,17-16-,27-24-,36-35+,37-34-/t40-,41-,42+,43-,47+,48+,49-,50+,51+,52+/m0/s1. The average Bonchev–Trinajstić information content (AvgIpc) is 3.32. The highest BCUT2D eigenvalue weighted by molar-refractivity contribution is 7.47. The Morgan fingerprint density at radius 2 is 1.38 bits per heavy atom. The Kier molecular flexibility index (Phi) is 33.0. The number of fused-ring (bicyclic) bond motifs is 4. The summed E-state index contributed by atoms with van der Waals surface area (Å²) in [7, 11) is -5.42. The molecule has 68 heavy (non-hydrogen) atoms. The Balaban J connectivity index is 2.01. The Labute approximate surface area is 405 Å². The van der Waals surface area contributed by atoms with Gasteiger partial charge in [0.05, 0.1) is 30.8 Å². The molecule has 0 amide bonds. The number of phosphoric ester groups is 1. The monoisotopic (exact) mass is 981 g/mol. The van der Waals surface area contributed by atoms with Gasteiger partial charge in [-0.1, -0.05) is 145 Å². The van der Waals surface area contributed by atoms with Gasteiger partial charge in [0.2, 0.25) is 0 Å². The van der Waals surface area contributed by atoms with Crippen molar-refractivity contribution in [2.45, 2.75) is 210 Å². The predicted octanol–water partition coefficient (Wildman–Crippen LogP) is 8.29. The number of carbonyl (C=O) groups excluding carboxylic acids is 3. The second-order valence-electron chi connectivity index (χ2n) is 18.0. The molecule has 2 aliphatic rings. The molecule has 1 aliphatic carbocycles. The van der Waals surface area contributed by atoms with Gasteiger partial charge in [0.25, 0.3) is 0 Å². The van der Waals surface area contributed by atoms with Gasteiger partial charge < -0.3 is 45.0 Å². The second kappa shape index (κ2) is 36.8. The highest BCUT2D eigenvalue weighted by Gasteiger charge is 2.47. The molecule has 0 aromatic heterocycles. The zero-order valence-corrected chi connectivity index (χ0v) is 41.6. The summed E-state index contributed by atoms with van der Waals surface area (Å²) in [4.78, 5) is 50.0. The van der Waals surface area contributed by atoms with Gasteiger partial charge in [-0.25, -0.2) is 4.57 Å². The van der Waals surface area contributed by atoms with E-state index in [0.717, 1.165) is 76.7 Å². The smallest absolute Gasteiger partial charge is 0.462 e. The first-order valence-electron chi connectivity index (χ1n) is 25.3. The summed E-state index contributed by atoms with van der Waals surface area (Å²) in [5.41, 5.74) is 0. The van der Waals surface area contributed by atoms with Gasteiger partial charge in [-0.05, 0) is 76.7 Å². The largest absolute Gasteiger partial charge is 0.472 e. The number of aliphatic hydroxyl groups is 6. The maximum Gasteiger partial charge on any atom is 0.472 e. The van der Waals surface area contributed by atoms with Gasteiger partial charge in [-0.3, -0.25) is 23.4 Å². The van der Waals surface area contributed by atoms with Crippen molar-refractivity contribution >= 4 is 25.5 Å². The molecule has 7 N–H and O–H groups in total. The van der Waals surface area contributed by atoms with Gasteiger partial charge in [0, 0.05) is 18.8 Å². The fraction of sp³-hybridized carbons (Fsp3) is 0.712. The first-order valence-corrected chi connectivity index (χ1v) is 26.8. The highest BCUT2D eigenvalue weighted by atomic mass is 31.2. The highest BCUT2D eigenvalue weighted by Crippen LogP contribution is 2.47. The molecule has 0 saturated carbocycles. The third-order valence-corrected chi connectivity index (χ3v) is 13.0. The van der Waals surface area contributed by atoms with Crippen LogP contribution in [-0.2, 0) is 37.5 Å². The Morgan fingerprint density at radius 1 is 0.779 bits per heavy atom. The number of phosphoric acid groups is 1. The Hall–Kier alpha value is -3.08. The molecule has 0 aromatic rings. The van der Waals surface area contributed by atoms with Crippen LogP contribution in [0.15, 0.2) is 72.9 Å². The van der Waals surface area contributed by atoms with Crippen molar-refractivity contribution in [1.82, 2.24) is 0 Å². The number of carbonyl (C=O) groups is 3. The first kappa shape index (κ1) is 61.0. The number of aliphatic hydroxyl groups excluding tert-OH is 6. The van der Waals surface area contributed by atoms with Crippen LogP contribution in [0.2, 0.25) is 0 Å². The average molecular weight is 981 g/mol.